The van der Waals surface area contributed by atoms with E-state index in [9.17, 15) is 9.59 Å². The van der Waals surface area contributed by atoms with E-state index in [2.05, 4.69) is 28.4 Å². The van der Waals surface area contributed by atoms with Crippen LogP contribution < -0.4 is 21.5 Å². The maximum atomic E-state index is 11.2. The molecule has 0 atom stereocenters. The van der Waals surface area contributed by atoms with E-state index in [1.165, 1.54) is 12.8 Å². The Morgan fingerprint density at radius 2 is 1.76 bits per heavy atom. The van der Waals surface area contributed by atoms with Crippen molar-refractivity contribution in [3.8, 4) is 0 Å². The Bertz CT molecular complexity index is 222. The molecule has 0 rings (SSSR count). The number of carbonyl (C=O) groups is 2. The predicted molar refractivity (Wildman–Crippen MR) is 67.4 cm³/mol. The first-order valence-corrected chi connectivity index (χ1v) is 6.18. The van der Waals surface area contributed by atoms with Crippen LogP contribution in [0.5, 0.6) is 0 Å². The summed E-state index contributed by atoms with van der Waals surface area (Å²) in [6, 6.07) is -0.362. The smallest absolute Gasteiger partial charge is 0.333 e. The topological polar surface area (TPSA) is 82.3 Å². The number of unbranched alkanes of at least 4 members (excludes halogenated alkanes) is 3. The lowest BCUT2D eigenvalue weighted by Gasteiger charge is -2.08. The summed E-state index contributed by atoms with van der Waals surface area (Å²) in [7, 11) is 1.77. The molecule has 0 aliphatic carbocycles. The molecule has 0 aromatic heterocycles. The fourth-order valence-electron chi connectivity index (χ4n) is 1.23. The van der Waals surface area contributed by atoms with Crippen molar-refractivity contribution >= 4 is 11.9 Å². The zero-order valence-electron chi connectivity index (χ0n) is 10.8. The van der Waals surface area contributed by atoms with Gasteiger partial charge in [0.1, 0.15) is 0 Å². The molecule has 0 unspecified atom stereocenters. The standard InChI is InChI=1S/C11H24N4O2/c1-3-4-5-6-8-13-11(17)15-14-10(16)7-9-12-2/h12H,3-9H2,1-2H3,(H,14,16)(H2,13,15,17). The van der Waals surface area contributed by atoms with Crippen LogP contribution in [-0.2, 0) is 4.79 Å². The molecule has 0 saturated heterocycles. The third-order valence-corrected chi connectivity index (χ3v) is 2.23. The molecular weight excluding hydrogens is 220 g/mol. The maximum Gasteiger partial charge on any atom is 0.333 e. The van der Waals surface area contributed by atoms with Crippen LogP contribution in [0.1, 0.15) is 39.0 Å². The van der Waals surface area contributed by atoms with Gasteiger partial charge in [0, 0.05) is 19.5 Å². The van der Waals surface area contributed by atoms with E-state index < -0.39 is 0 Å². The van der Waals surface area contributed by atoms with E-state index in [0.29, 0.717) is 19.5 Å². The summed E-state index contributed by atoms with van der Waals surface area (Å²) >= 11 is 0. The maximum absolute atomic E-state index is 11.2. The number of hydrazine groups is 1. The van der Waals surface area contributed by atoms with Gasteiger partial charge in [0.25, 0.3) is 0 Å². The minimum Gasteiger partial charge on any atom is -0.337 e. The van der Waals surface area contributed by atoms with Crippen LogP contribution >= 0.6 is 0 Å². The number of hydrogen-bond acceptors (Lipinski definition) is 3. The molecule has 0 aliphatic rings. The van der Waals surface area contributed by atoms with Crippen molar-refractivity contribution in [1.29, 1.82) is 0 Å². The number of nitrogens with one attached hydrogen (secondary N) is 4. The molecule has 0 spiro atoms. The first-order chi connectivity index (χ1) is 8.20. The van der Waals surface area contributed by atoms with E-state index >= 15 is 0 Å². The van der Waals surface area contributed by atoms with Crippen LogP contribution in [0.15, 0.2) is 0 Å². The van der Waals surface area contributed by atoms with Crippen molar-refractivity contribution in [3.05, 3.63) is 0 Å². The van der Waals surface area contributed by atoms with Gasteiger partial charge in [-0.3, -0.25) is 10.2 Å². The number of rotatable bonds is 8. The lowest BCUT2D eigenvalue weighted by atomic mass is 10.2. The average molecular weight is 244 g/mol. The van der Waals surface area contributed by atoms with Gasteiger partial charge in [-0.15, -0.1) is 0 Å². The average Bonchev–Trinajstić information content (AvgIpc) is 2.33. The molecule has 17 heavy (non-hydrogen) atoms. The minimum atomic E-state index is -0.362. The van der Waals surface area contributed by atoms with Gasteiger partial charge in [-0.05, 0) is 13.5 Å². The Balaban J connectivity index is 3.36. The Labute approximate surface area is 103 Å². The first kappa shape index (κ1) is 15.7. The largest absolute Gasteiger partial charge is 0.337 e. The van der Waals surface area contributed by atoms with E-state index in [0.717, 1.165) is 12.8 Å². The fraction of sp³-hybridized carbons (Fsp3) is 0.818. The SMILES string of the molecule is CCCCCCNC(=O)NNC(=O)CCNC. The highest BCUT2D eigenvalue weighted by molar-refractivity contribution is 5.81. The van der Waals surface area contributed by atoms with Crippen LogP contribution in [0.4, 0.5) is 4.79 Å². The molecule has 6 nitrogen and oxygen atoms in total. The van der Waals surface area contributed by atoms with Crippen molar-refractivity contribution in [3.63, 3.8) is 0 Å². The predicted octanol–water partition coefficient (Wildman–Crippen LogP) is 0.507. The van der Waals surface area contributed by atoms with Crippen molar-refractivity contribution in [2.75, 3.05) is 20.1 Å². The van der Waals surface area contributed by atoms with E-state index in [-0.39, 0.29) is 11.9 Å². The Kier molecular flexibility index (Phi) is 10.3. The molecule has 100 valence electrons. The molecule has 6 heteroatoms. The van der Waals surface area contributed by atoms with Crippen LogP contribution in [0.25, 0.3) is 0 Å². The van der Waals surface area contributed by atoms with Gasteiger partial charge in [0.05, 0.1) is 0 Å². The lowest BCUT2D eigenvalue weighted by Crippen LogP contribution is -2.47. The molecule has 0 aromatic rings. The summed E-state index contributed by atoms with van der Waals surface area (Å²) in [5, 5.41) is 5.52. The van der Waals surface area contributed by atoms with Crippen LogP contribution in [0, 0.1) is 0 Å². The van der Waals surface area contributed by atoms with Crippen molar-refractivity contribution in [1.82, 2.24) is 21.5 Å². The zero-order chi connectivity index (χ0) is 12.9. The highest BCUT2D eigenvalue weighted by Gasteiger charge is 2.02. The second-order valence-corrected chi connectivity index (χ2v) is 3.84. The molecule has 4 N–H and O–H groups in total. The number of amides is 3. The van der Waals surface area contributed by atoms with Gasteiger partial charge in [0.15, 0.2) is 0 Å². The van der Waals surface area contributed by atoms with Gasteiger partial charge >= 0.3 is 6.03 Å². The summed E-state index contributed by atoms with van der Waals surface area (Å²) in [5.41, 5.74) is 4.63. The molecule has 0 heterocycles. The van der Waals surface area contributed by atoms with Crippen molar-refractivity contribution in [2.45, 2.75) is 39.0 Å². The third-order valence-electron chi connectivity index (χ3n) is 2.23. The molecule has 0 bridgehead atoms. The normalized spacial score (nSPS) is 9.76. The van der Waals surface area contributed by atoms with Gasteiger partial charge < -0.3 is 10.6 Å². The second-order valence-electron chi connectivity index (χ2n) is 3.84. The lowest BCUT2D eigenvalue weighted by molar-refractivity contribution is -0.121. The van der Waals surface area contributed by atoms with Crippen LogP contribution in [-0.4, -0.2) is 32.1 Å². The molecule has 0 aromatic carbocycles. The summed E-state index contributed by atoms with van der Waals surface area (Å²) in [4.78, 5) is 22.3. The van der Waals surface area contributed by atoms with Gasteiger partial charge in [-0.25, -0.2) is 10.2 Å². The number of hydrogen-bond donors (Lipinski definition) is 4. The molecular formula is C11H24N4O2. The summed E-state index contributed by atoms with van der Waals surface area (Å²) in [5.74, 6) is -0.208. The first-order valence-electron chi connectivity index (χ1n) is 6.18. The number of urea groups is 1. The second kappa shape index (κ2) is 11.2. The molecule has 0 saturated carbocycles. The highest BCUT2D eigenvalue weighted by atomic mass is 16.2. The minimum absolute atomic E-state index is 0.208. The zero-order valence-corrected chi connectivity index (χ0v) is 10.8. The fourth-order valence-corrected chi connectivity index (χ4v) is 1.23. The van der Waals surface area contributed by atoms with E-state index in [1.807, 2.05) is 0 Å². The number of carbonyl (C=O) groups excluding carboxylic acids is 2. The van der Waals surface area contributed by atoms with Crippen LogP contribution in [0.3, 0.4) is 0 Å². The summed E-state index contributed by atoms with van der Waals surface area (Å²) in [6.45, 7) is 3.37. The van der Waals surface area contributed by atoms with Gasteiger partial charge in [0.2, 0.25) is 5.91 Å². The molecule has 0 fully saturated rings. The Hall–Kier alpha value is -1.30. The summed E-state index contributed by atoms with van der Waals surface area (Å²) < 4.78 is 0. The molecule has 0 radical (unpaired) electrons. The highest BCUT2D eigenvalue weighted by Crippen LogP contribution is 1.96. The monoisotopic (exact) mass is 244 g/mol. The third kappa shape index (κ3) is 11.0. The quantitative estimate of drug-likeness (QED) is 0.371. The Morgan fingerprint density at radius 3 is 2.41 bits per heavy atom. The Morgan fingerprint density at radius 1 is 1.00 bits per heavy atom. The van der Waals surface area contributed by atoms with Crippen molar-refractivity contribution < 1.29 is 9.59 Å². The summed E-state index contributed by atoms with van der Waals surface area (Å²) in [6.07, 6.45) is 4.78. The van der Waals surface area contributed by atoms with E-state index in [1.54, 1.807) is 7.05 Å². The molecule has 0 aliphatic heterocycles. The van der Waals surface area contributed by atoms with Gasteiger partial charge in [-0.2, -0.15) is 0 Å². The van der Waals surface area contributed by atoms with Crippen LogP contribution in [0.2, 0.25) is 0 Å². The van der Waals surface area contributed by atoms with Gasteiger partial charge in [-0.1, -0.05) is 26.2 Å². The van der Waals surface area contributed by atoms with E-state index in [4.69, 9.17) is 0 Å². The van der Waals surface area contributed by atoms with Crippen molar-refractivity contribution in [2.24, 2.45) is 0 Å². The molecule has 3 amide bonds.